The molecule has 0 spiro atoms. The third kappa shape index (κ3) is 4.70. The van der Waals surface area contributed by atoms with Crippen molar-refractivity contribution in [3.05, 3.63) is 169 Å². The number of hydrogen-bond donors (Lipinski definition) is 0. The molecule has 1 aliphatic carbocycles. The number of allylic oxidation sites excluding steroid dienone is 2. The van der Waals surface area contributed by atoms with Crippen molar-refractivity contribution < 1.29 is 4.42 Å². The molecule has 9 rings (SSSR count). The van der Waals surface area contributed by atoms with Gasteiger partial charge in [0.25, 0.3) is 0 Å². The van der Waals surface area contributed by atoms with E-state index in [9.17, 15) is 0 Å². The monoisotopic (exact) mass is 618 g/mol. The summed E-state index contributed by atoms with van der Waals surface area (Å²) in [5, 5.41) is 0. The fraction of sp³-hybridized carbons (Fsp3) is 0.0889. The zero-order valence-corrected chi connectivity index (χ0v) is 27.0. The van der Waals surface area contributed by atoms with Gasteiger partial charge in [0.1, 0.15) is 5.52 Å². The minimum absolute atomic E-state index is 0.278. The summed E-state index contributed by atoms with van der Waals surface area (Å²) in [7, 11) is 0. The molecular weight excluding hydrogens is 585 g/mol. The Kier molecular flexibility index (Phi) is 6.72. The zero-order chi connectivity index (χ0) is 32.2. The normalized spacial score (nSPS) is 16.5. The summed E-state index contributed by atoms with van der Waals surface area (Å²) in [6, 6.07) is 50.3. The molecule has 2 heterocycles. The van der Waals surface area contributed by atoms with Crippen LogP contribution in [-0.4, -0.2) is 11.0 Å². The van der Waals surface area contributed by atoms with Crippen LogP contribution in [0.3, 0.4) is 0 Å². The predicted molar refractivity (Wildman–Crippen MR) is 199 cm³/mol. The highest BCUT2D eigenvalue weighted by atomic mass is 16.3. The Labute approximate surface area is 281 Å². The van der Waals surface area contributed by atoms with Crippen molar-refractivity contribution in [3.63, 3.8) is 0 Å². The van der Waals surface area contributed by atoms with Gasteiger partial charge in [-0.25, -0.2) is 4.98 Å². The molecule has 0 radical (unpaired) electrons. The highest BCUT2D eigenvalue weighted by molar-refractivity contribution is 5.97. The molecule has 7 aromatic rings. The molecule has 0 fully saturated rings. The van der Waals surface area contributed by atoms with Gasteiger partial charge >= 0.3 is 0 Å². The van der Waals surface area contributed by atoms with Crippen LogP contribution in [0.5, 0.6) is 0 Å². The molecule has 230 valence electrons. The Hall–Kier alpha value is -5.93. The van der Waals surface area contributed by atoms with Gasteiger partial charge in [0.2, 0.25) is 5.89 Å². The quantitative estimate of drug-likeness (QED) is 0.192. The summed E-state index contributed by atoms with van der Waals surface area (Å²) in [6.45, 7) is 4.39. The van der Waals surface area contributed by atoms with Crippen molar-refractivity contribution in [3.8, 4) is 44.8 Å². The Morgan fingerprint density at radius 2 is 1.25 bits per heavy atom. The van der Waals surface area contributed by atoms with E-state index < -0.39 is 0 Å². The number of oxazole rings is 1. The average molecular weight is 619 g/mol. The van der Waals surface area contributed by atoms with Crippen molar-refractivity contribution in [1.82, 2.24) is 4.98 Å². The molecule has 0 N–H and O–H groups in total. The van der Waals surface area contributed by atoms with Crippen molar-refractivity contribution >= 4 is 28.0 Å². The van der Waals surface area contributed by atoms with E-state index in [1.165, 1.54) is 50.3 Å². The van der Waals surface area contributed by atoms with Gasteiger partial charge in [0.15, 0.2) is 5.58 Å². The second-order valence-electron chi connectivity index (χ2n) is 12.9. The number of aromatic nitrogens is 1. The summed E-state index contributed by atoms with van der Waals surface area (Å²) in [6.07, 6.45) is 6.86. The fourth-order valence-electron chi connectivity index (χ4n) is 7.51. The molecule has 6 aromatic carbocycles. The Morgan fingerprint density at radius 1 is 0.604 bits per heavy atom. The molecule has 0 amide bonds. The Bertz CT molecular complexity index is 2380. The molecule has 0 saturated heterocycles. The number of nitrogens with zero attached hydrogens (tertiary/aromatic N) is 2. The van der Waals surface area contributed by atoms with Crippen LogP contribution in [0.4, 0.5) is 11.4 Å². The minimum Gasteiger partial charge on any atom is -0.436 e. The lowest BCUT2D eigenvalue weighted by Crippen LogP contribution is -2.33. The van der Waals surface area contributed by atoms with Crippen LogP contribution in [0.2, 0.25) is 0 Å². The van der Waals surface area contributed by atoms with E-state index >= 15 is 0 Å². The van der Waals surface area contributed by atoms with E-state index in [-0.39, 0.29) is 6.04 Å². The summed E-state index contributed by atoms with van der Waals surface area (Å²) in [5.41, 5.74) is 16.2. The van der Waals surface area contributed by atoms with Crippen molar-refractivity contribution in [2.75, 3.05) is 4.90 Å². The highest BCUT2D eigenvalue weighted by Crippen LogP contribution is 2.50. The molecular formula is C45H34N2O. The number of anilines is 2. The van der Waals surface area contributed by atoms with Crippen LogP contribution in [-0.2, 0) is 0 Å². The number of para-hydroxylation sites is 1. The van der Waals surface area contributed by atoms with E-state index in [1.54, 1.807) is 0 Å². The van der Waals surface area contributed by atoms with Gasteiger partial charge in [-0.1, -0.05) is 116 Å². The molecule has 3 nitrogen and oxygen atoms in total. The lowest BCUT2D eigenvalue weighted by molar-refractivity contribution is 0.619. The maximum Gasteiger partial charge on any atom is 0.227 e. The van der Waals surface area contributed by atoms with E-state index in [2.05, 4.69) is 164 Å². The average Bonchev–Trinajstić information content (AvgIpc) is 3.71. The maximum atomic E-state index is 6.12. The maximum absolute atomic E-state index is 6.12. The first-order valence-corrected chi connectivity index (χ1v) is 16.7. The first-order chi connectivity index (χ1) is 23.6. The SMILES string of the molecule is Cc1ccc2nc(-c3ccc(-c4ccccc4-c4ccccc4-c4ccc5c(c4)C4=CC=CC(C)C4N5c4ccccc4)cc3)oc2c1. The molecule has 0 bridgehead atoms. The van der Waals surface area contributed by atoms with Gasteiger partial charge in [0.05, 0.1) is 6.04 Å². The van der Waals surface area contributed by atoms with Gasteiger partial charge < -0.3 is 9.32 Å². The number of aryl methyl sites for hydroxylation is 1. The van der Waals surface area contributed by atoms with E-state index in [4.69, 9.17) is 9.40 Å². The second kappa shape index (κ2) is 11.4. The Balaban J connectivity index is 1.11. The Morgan fingerprint density at radius 3 is 2.00 bits per heavy atom. The van der Waals surface area contributed by atoms with Crippen molar-refractivity contribution in [1.29, 1.82) is 0 Å². The van der Waals surface area contributed by atoms with Gasteiger partial charge in [-0.15, -0.1) is 0 Å². The standard InChI is InChI=1S/C45H34N2O/c1-29-19-25-41-43(27-29)48-45(46-41)32-22-20-31(21-23-32)35-14-6-8-16-37(35)38-17-9-7-15-36(38)33-24-26-42-40(28-33)39-18-10-11-30(2)44(39)47(42)34-12-4-3-5-13-34/h3-28,30,44H,1-2H3. The van der Waals surface area contributed by atoms with Crippen LogP contribution >= 0.6 is 0 Å². The van der Waals surface area contributed by atoms with Crippen LogP contribution in [0.1, 0.15) is 18.1 Å². The molecule has 1 aliphatic heterocycles. The third-order valence-corrected chi connectivity index (χ3v) is 9.83. The minimum atomic E-state index is 0.278. The molecule has 2 atom stereocenters. The van der Waals surface area contributed by atoms with E-state index in [0.717, 1.165) is 27.8 Å². The summed E-state index contributed by atoms with van der Waals surface area (Å²) < 4.78 is 6.12. The third-order valence-electron chi connectivity index (χ3n) is 9.83. The van der Waals surface area contributed by atoms with Gasteiger partial charge in [-0.2, -0.15) is 0 Å². The lowest BCUT2D eigenvalue weighted by atomic mass is 9.86. The first kappa shape index (κ1) is 28.3. The molecule has 3 heteroatoms. The molecule has 1 aromatic heterocycles. The smallest absolute Gasteiger partial charge is 0.227 e. The van der Waals surface area contributed by atoms with Crippen LogP contribution in [0, 0.1) is 12.8 Å². The molecule has 48 heavy (non-hydrogen) atoms. The lowest BCUT2D eigenvalue weighted by Gasteiger charge is -2.32. The number of hydrogen-bond acceptors (Lipinski definition) is 3. The molecule has 0 saturated carbocycles. The van der Waals surface area contributed by atoms with Crippen LogP contribution < -0.4 is 4.90 Å². The second-order valence-corrected chi connectivity index (χ2v) is 12.9. The number of rotatable bonds is 5. The molecule has 2 unspecified atom stereocenters. The fourth-order valence-corrected chi connectivity index (χ4v) is 7.51. The first-order valence-electron chi connectivity index (χ1n) is 16.7. The summed E-state index contributed by atoms with van der Waals surface area (Å²) in [4.78, 5) is 7.26. The van der Waals surface area contributed by atoms with Gasteiger partial charge in [-0.05, 0) is 106 Å². The molecule has 2 aliphatic rings. The predicted octanol–water partition coefficient (Wildman–Crippen LogP) is 11.9. The van der Waals surface area contributed by atoms with Crippen LogP contribution in [0.25, 0.3) is 61.5 Å². The summed E-state index contributed by atoms with van der Waals surface area (Å²) in [5.74, 6) is 1.04. The zero-order valence-electron chi connectivity index (χ0n) is 27.0. The highest BCUT2D eigenvalue weighted by Gasteiger charge is 2.38. The van der Waals surface area contributed by atoms with Crippen molar-refractivity contribution in [2.45, 2.75) is 19.9 Å². The van der Waals surface area contributed by atoms with Crippen LogP contribution in [0.15, 0.2) is 162 Å². The number of benzene rings is 6. The van der Waals surface area contributed by atoms with E-state index in [0.29, 0.717) is 11.8 Å². The summed E-state index contributed by atoms with van der Waals surface area (Å²) >= 11 is 0. The largest absolute Gasteiger partial charge is 0.436 e. The van der Waals surface area contributed by atoms with Gasteiger partial charge in [-0.3, -0.25) is 0 Å². The van der Waals surface area contributed by atoms with Gasteiger partial charge in [0, 0.05) is 22.5 Å². The van der Waals surface area contributed by atoms with Crippen molar-refractivity contribution in [2.24, 2.45) is 5.92 Å². The van der Waals surface area contributed by atoms with E-state index in [1.807, 2.05) is 12.1 Å². The topological polar surface area (TPSA) is 29.3 Å². The number of fused-ring (bicyclic) bond motifs is 4.